The van der Waals surface area contributed by atoms with Crippen LogP contribution in [-0.4, -0.2) is 63.7 Å². The molecule has 14 heteroatoms. The van der Waals surface area contributed by atoms with Crippen LogP contribution < -0.4 is 11.1 Å². The maximum Gasteiger partial charge on any atom is 0.405 e. The summed E-state index contributed by atoms with van der Waals surface area (Å²) in [7, 11) is 0. The van der Waals surface area contributed by atoms with E-state index in [1.807, 2.05) is 12.2 Å². The lowest BCUT2D eigenvalue weighted by molar-refractivity contribution is -0.115. The number of rotatable bonds is 8. The highest BCUT2D eigenvalue weighted by Crippen LogP contribution is 2.38. The molecule has 4 N–H and O–H groups in total. The third kappa shape index (κ3) is 7.82. The lowest BCUT2D eigenvalue weighted by Crippen LogP contribution is -2.34. The number of unbranched alkanes of at least 4 members (excludes halogenated alkanes) is 1. The molecular weight excluding hydrogens is 509 g/mol. The first-order chi connectivity index (χ1) is 16.9. The number of primary amides is 1. The average Bonchev–Trinajstić information content (AvgIpc) is 3.44. The molecule has 2 aromatic rings. The van der Waals surface area contributed by atoms with Gasteiger partial charge in [0, 0.05) is 36.5 Å². The summed E-state index contributed by atoms with van der Waals surface area (Å²) in [5, 5.41) is 9.76. The lowest BCUT2D eigenvalue weighted by Gasteiger charge is -2.21. The Morgan fingerprint density at radius 3 is 2.53 bits per heavy atom. The van der Waals surface area contributed by atoms with Crippen molar-refractivity contribution in [3.05, 3.63) is 28.5 Å². The standard InChI is InChI=1S/C18H18F5N5O2S.C4H10O/c1-8-3-2-4-28(8)17(30)12-13(31-16(27-12)15(24)29)10-6-25-11(5-9(10)14(19)20)26-7-18(21,22)23;1-2-3-4-5/h5-6,8,14H,2-4,7H2,1H3,(H2,24,29)(H,25,26);5H,2-4H2,1H3. The highest BCUT2D eigenvalue weighted by Gasteiger charge is 2.33. The number of halogens is 5. The Labute approximate surface area is 208 Å². The van der Waals surface area contributed by atoms with E-state index in [2.05, 4.69) is 16.9 Å². The van der Waals surface area contributed by atoms with Crippen molar-refractivity contribution >= 4 is 29.0 Å². The summed E-state index contributed by atoms with van der Waals surface area (Å²) >= 11 is 0.657. The van der Waals surface area contributed by atoms with E-state index in [-0.39, 0.29) is 27.2 Å². The van der Waals surface area contributed by atoms with Gasteiger partial charge in [0.15, 0.2) is 5.01 Å². The van der Waals surface area contributed by atoms with Gasteiger partial charge in [-0.15, -0.1) is 11.3 Å². The Hall–Kier alpha value is -2.87. The topological polar surface area (TPSA) is 121 Å². The summed E-state index contributed by atoms with van der Waals surface area (Å²) in [6.07, 6.45) is -3.15. The molecule has 2 aromatic heterocycles. The molecule has 0 spiro atoms. The normalized spacial score (nSPS) is 15.6. The van der Waals surface area contributed by atoms with Crippen LogP contribution in [0, 0.1) is 0 Å². The molecule has 0 aliphatic carbocycles. The monoisotopic (exact) mass is 537 g/mol. The number of nitrogens with one attached hydrogen (secondary N) is 1. The summed E-state index contributed by atoms with van der Waals surface area (Å²) in [6.45, 7) is 3.22. The maximum absolute atomic E-state index is 13.7. The number of amides is 2. The summed E-state index contributed by atoms with van der Waals surface area (Å²) < 4.78 is 64.7. The fourth-order valence-electron chi connectivity index (χ4n) is 3.41. The number of pyridine rings is 1. The number of thiazole rings is 1. The molecule has 1 fully saturated rings. The van der Waals surface area contributed by atoms with Gasteiger partial charge in [-0.1, -0.05) is 13.3 Å². The van der Waals surface area contributed by atoms with E-state index in [1.165, 1.54) is 4.90 Å². The number of hydrogen-bond donors (Lipinski definition) is 3. The van der Waals surface area contributed by atoms with Crippen molar-refractivity contribution in [2.45, 2.75) is 58.2 Å². The quantitative estimate of drug-likeness (QED) is 0.423. The van der Waals surface area contributed by atoms with Gasteiger partial charge >= 0.3 is 6.18 Å². The van der Waals surface area contributed by atoms with Crippen LogP contribution >= 0.6 is 11.3 Å². The van der Waals surface area contributed by atoms with Crippen molar-refractivity contribution in [3.8, 4) is 10.4 Å². The number of aliphatic hydroxyl groups is 1. The van der Waals surface area contributed by atoms with Crippen molar-refractivity contribution in [2.24, 2.45) is 5.73 Å². The highest BCUT2D eigenvalue weighted by atomic mass is 32.1. The Morgan fingerprint density at radius 2 is 2.06 bits per heavy atom. The average molecular weight is 538 g/mol. The van der Waals surface area contributed by atoms with Crippen LogP contribution in [0.1, 0.15) is 71.8 Å². The molecule has 2 amide bonds. The first kappa shape index (κ1) is 29.4. The molecule has 0 bridgehead atoms. The van der Waals surface area contributed by atoms with E-state index >= 15 is 0 Å². The lowest BCUT2D eigenvalue weighted by atomic mass is 10.1. The summed E-state index contributed by atoms with van der Waals surface area (Å²) in [5.74, 6) is -1.88. The van der Waals surface area contributed by atoms with Gasteiger partial charge < -0.3 is 21.1 Å². The largest absolute Gasteiger partial charge is 0.405 e. The van der Waals surface area contributed by atoms with Crippen molar-refractivity contribution in [1.82, 2.24) is 14.9 Å². The molecule has 1 saturated heterocycles. The van der Waals surface area contributed by atoms with Gasteiger partial charge in [0.1, 0.15) is 18.1 Å². The minimum Gasteiger partial charge on any atom is -0.396 e. The second-order valence-electron chi connectivity index (χ2n) is 8.05. The molecule has 1 atom stereocenters. The Morgan fingerprint density at radius 1 is 1.36 bits per heavy atom. The first-order valence-electron chi connectivity index (χ1n) is 11.2. The zero-order valence-electron chi connectivity index (χ0n) is 19.7. The van der Waals surface area contributed by atoms with Crippen molar-refractivity contribution in [1.29, 1.82) is 0 Å². The first-order valence-corrected chi connectivity index (χ1v) is 12.0. The zero-order valence-corrected chi connectivity index (χ0v) is 20.6. The van der Waals surface area contributed by atoms with Crippen LogP contribution in [0.5, 0.6) is 0 Å². The fourth-order valence-corrected chi connectivity index (χ4v) is 4.35. The van der Waals surface area contributed by atoms with Gasteiger partial charge in [-0.2, -0.15) is 13.2 Å². The molecule has 8 nitrogen and oxygen atoms in total. The molecular formula is C22H28F5N5O3S. The zero-order chi connectivity index (χ0) is 27.0. The highest BCUT2D eigenvalue weighted by molar-refractivity contribution is 7.17. The van der Waals surface area contributed by atoms with Gasteiger partial charge in [0.2, 0.25) is 0 Å². The maximum atomic E-state index is 13.7. The number of nitrogens with two attached hydrogens (primary N) is 1. The van der Waals surface area contributed by atoms with Gasteiger partial charge in [-0.05, 0) is 32.3 Å². The Kier molecular flexibility index (Phi) is 10.5. The molecule has 200 valence electrons. The third-order valence-corrected chi connectivity index (χ3v) is 6.35. The molecule has 0 saturated carbocycles. The molecule has 36 heavy (non-hydrogen) atoms. The number of nitrogens with zero attached hydrogens (tertiary/aromatic N) is 3. The number of hydrogen-bond acceptors (Lipinski definition) is 7. The fraction of sp³-hybridized carbons (Fsp3) is 0.545. The van der Waals surface area contributed by atoms with Gasteiger partial charge in [-0.25, -0.2) is 18.7 Å². The molecule has 3 rings (SSSR count). The van der Waals surface area contributed by atoms with E-state index < -0.39 is 42.3 Å². The van der Waals surface area contributed by atoms with Crippen LogP contribution in [0.3, 0.4) is 0 Å². The minimum absolute atomic E-state index is 0.0388. The van der Waals surface area contributed by atoms with E-state index in [4.69, 9.17) is 10.8 Å². The number of carbonyl (C=O) groups excluding carboxylic acids is 2. The smallest absolute Gasteiger partial charge is 0.396 e. The molecule has 3 heterocycles. The molecule has 0 aromatic carbocycles. The van der Waals surface area contributed by atoms with Crippen LogP contribution in [0.4, 0.5) is 27.8 Å². The molecule has 1 unspecified atom stereocenters. The van der Waals surface area contributed by atoms with E-state index in [1.54, 1.807) is 0 Å². The van der Waals surface area contributed by atoms with Crippen molar-refractivity contribution in [3.63, 3.8) is 0 Å². The van der Waals surface area contributed by atoms with Crippen LogP contribution in [0.2, 0.25) is 0 Å². The van der Waals surface area contributed by atoms with Crippen LogP contribution in [0.15, 0.2) is 12.3 Å². The van der Waals surface area contributed by atoms with Gasteiger partial charge in [0.25, 0.3) is 18.2 Å². The van der Waals surface area contributed by atoms with Crippen molar-refractivity contribution in [2.75, 3.05) is 25.0 Å². The predicted molar refractivity (Wildman–Crippen MR) is 125 cm³/mol. The van der Waals surface area contributed by atoms with Crippen LogP contribution in [0.25, 0.3) is 10.4 Å². The number of anilines is 1. The Balaban J connectivity index is 0.000000830. The summed E-state index contributed by atoms with van der Waals surface area (Å²) in [4.78, 5) is 33.9. The SMILES string of the molecule is CC1CCCN1C(=O)c1nc(C(N)=O)sc1-c1cnc(NCC(F)(F)F)cc1C(F)F.CCCCO. The predicted octanol–water partition coefficient (Wildman–Crippen LogP) is 4.62. The van der Waals surface area contributed by atoms with Crippen LogP contribution in [-0.2, 0) is 0 Å². The molecule has 1 aliphatic heterocycles. The number of aliphatic hydroxyl groups excluding tert-OH is 1. The van der Waals surface area contributed by atoms with E-state index in [0.29, 0.717) is 24.5 Å². The van der Waals surface area contributed by atoms with E-state index in [0.717, 1.165) is 37.9 Å². The summed E-state index contributed by atoms with van der Waals surface area (Å²) in [5.41, 5.74) is 4.19. The number of alkyl halides is 5. The number of likely N-dealkylation sites (tertiary alicyclic amines) is 1. The summed E-state index contributed by atoms with van der Waals surface area (Å²) in [6, 6.07) is 0.683. The van der Waals surface area contributed by atoms with Gasteiger partial charge in [-0.3, -0.25) is 9.59 Å². The van der Waals surface area contributed by atoms with Crippen molar-refractivity contribution < 1.29 is 36.6 Å². The second-order valence-corrected chi connectivity index (χ2v) is 9.05. The van der Waals surface area contributed by atoms with E-state index in [9.17, 15) is 31.5 Å². The second kappa shape index (κ2) is 12.9. The number of aromatic nitrogens is 2. The van der Waals surface area contributed by atoms with Gasteiger partial charge in [0.05, 0.1) is 4.88 Å². The Bertz CT molecular complexity index is 1050. The third-order valence-electron chi connectivity index (χ3n) is 5.25. The number of carbonyl (C=O) groups is 2. The minimum atomic E-state index is -4.56. The molecule has 1 aliphatic rings. The molecule has 0 radical (unpaired) electrons.